The molecule has 0 aliphatic carbocycles. The van der Waals surface area contributed by atoms with E-state index in [2.05, 4.69) is 15.0 Å². The number of ether oxygens (including phenoxy) is 2. The Morgan fingerprint density at radius 3 is 3.14 bits per heavy atom. The number of anilines is 1. The van der Waals surface area contributed by atoms with Gasteiger partial charge in [0.05, 0.1) is 13.2 Å². The second kappa shape index (κ2) is 6.11. The van der Waals surface area contributed by atoms with Gasteiger partial charge in [0.1, 0.15) is 12.9 Å². The van der Waals surface area contributed by atoms with E-state index in [0.717, 1.165) is 0 Å². The lowest BCUT2D eigenvalue weighted by Gasteiger charge is -2.02. The molecule has 0 saturated heterocycles. The number of nitrogens with zero attached hydrogens (tertiary/aromatic N) is 1. The molecule has 1 heterocycles. The van der Waals surface area contributed by atoms with Gasteiger partial charge in [0.2, 0.25) is 0 Å². The molecular weight excluding hydrogens is 188 g/mol. The fraction of sp³-hybridized carbons (Fsp3) is 0.500. The van der Waals surface area contributed by atoms with Crippen molar-refractivity contribution in [3.8, 4) is 0 Å². The standard InChI is InChI=1S/C8H12N2O4/c1-12-4-5-13-6-8(11)9-7-2-3-14-10-7/h2-3H,4-6H2,1H3,(H,9,10,11). The maximum Gasteiger partial charge on any atom is 0.251 e. The lowest BCUT2D eigenvalue weighted by atomic mass is 10.5. The summed E-state index contributed by atoms with van der Waals surface area (Å²) in [5.74, 6) is 0.111. The number of carbonyl (C=O) groups is 1. The Morgan fingerprint density at radius 2 is 2.50 bits per heavy atom. The van der Waals surface area contributed by atoms with Crippen molar-refractivity contribution in [2.75, 3.05) is 32.2 Å². The predicted octanol–water partition coefficient (Wildman–Crippen LogP) is 0.276. The first-order chi connectivity index (χ1) is 6.83. The molecule has 0 aliphatic heterocycles. The van der Waals surface area contributed by atoms with Gasteiger partial charge in [-0.1, -0.05) is 5.16 Å². The Balaban J connectivity index is 2.11. The highest BCUT2D eigenvalue weighted by Crippen LogP contribution is 2.00. The summed E-state index contributed by atoms with van der Waals surface area (Å²) in [6.45, 7) is 0.843. The van der Waals surface area contributed by atoms with E-state index in [1.165, 1.54) is 6.26 Å². The van der Waals surface area contributed by atoms with Crippen LogP contribution in [0.25, 0.3) is 0 Å². The van der Waals surface area contributed by atoms with Gasteiger partial charge in [-0.3, -0.25) is 4.79 Å². The fourth-order valence-electron chi connectivity index (χ4n) is 0.763. The summed E-state index contributed by atoms with van der Waals surface area (Å²) in [5, 5.41) is 6.00. The number of hydrogen-bond donors (Lipinski definition) is 1. The van der Waals surface area contributed by atoms with Crippen LogP contribution in [0.3, 0.4) is 0 Å². The molecule has 1 rings (SSSR count). The molecule has 1 N–H and O–H groups in total. The normalized spacial score (nSPS) is 10.1. The highest BCUT2D eigenvalue weighted by Gasteiger charge is 2.03. The summed E-state index contributed by atoms with van der Waals surface area (Å²) in [5.41, 5.74) is 0. The molecule has 14 heavy (non-hydrogen) atoms. The molecule has 0 bridgehead atoms. The van der Waals surface area contributed by atoms with E-state index in [1.807, 2.05) is 0 Å². The molecule has 6 nitrogen and oxygen atoms in total. The predicted molar refractivity (Wildman–Crippen MR) is 47.8 cm³/mol. The minimum atomic E-state index is -0.269. The number of amides is 1. The molecule has 0 atom stereocenters. The van der Waals surface area contributed by atoms with E-state index in [-0.39, 0.29) is 12.5 Å². The smallest absolute Gasteiger partial charge is 0.251 e. The number of hydrogen-bond acceptors (Lipinski definition) is 5. The van der Waals surface area contributed by atoms with Gasteiger partial charge >= 0.3 is 0 Å². The quantitative estimate of drug-likeness (QED) is 0.667. The topological polar surface area (TPSA) is 73.6 Å². The van der Waals surface area contributed by atoms with Crippen LogP contribution < -0.4 is 5.32 Å². The zero-order valence-corrected chi connectivity index (χ0v) is 7.86. The van der Waals surface area contributed by atoms with E-state index < -0.39 is 0 Å². The third kappa shape index (κ3) is 4.01. The Kier molecular flexibility index (Phi) is 4.66. The minimum Gasteiger partial charge on any atom is -0.382 e. The van der Waals surface area contributed by atoms with Crippen LogP contribution in [0.2, 0.25) is 0 Å². The van der Waals surface area contributed by atoms with Gasteiger partial charge in [0.25, 0.3) is 5.91 Å². The Bertz CT molecular complexity index is 260. The molecule has 6 heteroatoms. The molecule has 0 spiro atoms. The molecule has 0 aliphatic rings. The third-order valence-corrected chi connectivity index (χ3v) is 1.37. The number of rotatable bonds is 6. The van der Waals surface area contributed by atoms with Gasteiger partial charge in [-0.15, -0.1) is 0 Å². The Morgan fingerprint density at radius 1 is 1.64 bits per heavy atom. The number of methoxy groups -OCH3 is 1. The zero-order valence-electron chi connectivity index (χ0n) is 7.86. The zero-order chi connectivity index (χ0) is 10.2. The van der Waals surface area contributed by atoms with Crippen molar-refractivity contribution in [1.29, 1.82) is 0 Å². The van der Waals surface area contributed by atoms with Crippen molar-refractivity contribution in [2.45, 2.75) is 0 Å². The molecule has 78 valence electrons. The molecule has 0 saturated carbocycles. The lowest BCUT2D eigenvalue weighted by Crippen LogP contribution is -2.19. The lowest BCUT2D eigenvalue weighted by molar-refractivity contribution is -0.121. The van der Waals surface area contributed by atoms with Crippen molar-refractivity contribution >= 4 is 11.7 Å². The van der Waals surface area contributed by atoms with Gasteiger partial charge < -0.3 is 19.3 Å². The first-order valence-corrected chi connectivity index (χ1v) is 4.10. The fourth-order valence-corrected chi connectivity index (χ4v) is 0.763. The van der Waals surface area contributed by atoms with Crippen LogP contribution >= 0.6 is 0 Å². The van der Waals surface area contributed by atoms with Crippen LogP contribution in [-0.4, -0.2) is 38.0 Å². The summed E-state index contributed by atoms with van der Waals surface area (Å²) >= 11 is 0. The maximum atomic E-state index is 11.1. The maximum absolute atomic E-state index is 11.1. The second-order valence-electron chi connectivity index (χ2n) is 2.48. The summed E-state index contributed by atoms with van der Waals surface area (Å²) in [4.78, 5) is 11.1. The van der Waals surface area contributed by atoms with Crippen molar-refractivity contribution in [2.24, 2.45) is 0 Å². The van der Waals surface area contributed by atoms with Crippen LogP contribution in [0.15, 0.2) is 16.9 Å². The average Bonchev–Trinajstić information content (AvgIpc) is 2.65. The molecule has 0 aromatic carbocycles. The van der Waals surface area contributed by atoms with E-state index >= 15 is 0 Å². The van der Waals surface area contributed by atoms with Crippen LogP contribution in [0.1, 0.15) is 0 Å². The van der Waals surface area contributed by atoms with E-state index in [4.69, 9.17) is 9.47 Å². The van der Waals surface area contributed by atoms with Crippen LogP contribution in [0, 0.1) is 0 Å². The van der Waals surface area contributed by atoms with Gasteiger partial charge in [0, 0.05) is 13.2 Å². The van der Waals surface area contributed by atoms with Crippen molar-refractivity contribution in [3.63, 3.8) is 0 Å². The summed E-state index contributed by atoms with van der Waals surface area (Å²) in [7, 11) is 1.57. The molecule has 1 aromatic heterocycles. The Hall–Kier alpha value is -1.40. The molecule has 1 amide bonds. The van der Waals surface area contributed by atoms with Crippen LogP contribution in [0.4, 0.5) is 5.82 Å². The molecule has 1 aromatic rings. The summed E-state index contributed by atoms with van der Waals surface area (Å²) < 4.78 is 14.3. The van der Waals surface area contributed by atoms with Gasteiger partial charge in [-0.2, -0.15) is 0 Å². The van der Waals surface area contributed by atoms with Gasteiger partial charge in [0.15, 0.2) is 5.82 Å². The highest BCUT2D eigenvalue weighted by molar-refractivity contribution is 5.90. The first-order valence-electron chi connectivity index (χ1n) is 4.10. The van der Waals surface area contributed by atoms with Crippen molar-refractivity contribution in [1.82, 2.24) is 5.16 Å². The number of nitrogens with one attached hydrogen (secondary N) is 1. The average molecular weight is 200 g/mol. The Labute approximate surface area is 81.2 Å². The molecule has 0 radical (unpaired) electrons. The summed E-state index contributed by atoms with van der Waals surface area (Å²) in [6.07, 6.45) is 1.38. The number of aromatic nitrogens is 1. The number of carbonyl (C=O) groups excluding carboxylic acids is 1. The minimum absolute atomic E-state index is 0.0176. The molecule has 0 unspecified atom stereocenters. The van der Waals surface area contributed by atoms with Gasteiger partial charge in [-0.25, -0.2) is 0 Å². The van der Waals surface area contributed by atoms with Crippen molar-refractivity contribution in [3.05, 3.63) is 12.3 Å². The van der Waals surface area contributed by atoms with Gasteiger partial charge in [-0.05, 0) is 0 Å². The van der Waals surface area contributed by atoms with E-state index in [1.54, 1.807) is 13.2 Å². The first kappa shape index (κ1) is 10.7. The SMILES string of the molecule is COCCOCC(=O)Nc1ccon1. The third-order valence-electron chi connectivity index (χ3n) is 1.37. The van der Waals surface area contributed by atoms with E-state index in [9.17, 15) is 4.79 Å². The highest BCUT2D eigenvalue weighted by atomic mass is 16.5. The van der Waals surface area contributed by atoms with Crippen LogP contribution in [-0.2, 0) is 14.3 Å². The van der Waals surface area contributed by atoms with E-state index in [0.29, 0.717) is 19.0 Å². The monoisotopic (exact) mass is 200 g/mol. The largest absolute Gasteiger partial charge is 0.382 e. The summed E-state index contributed by atoms with van der Waals surface area (Å²) in [6, 6.07) is 1.55. The molecule has 0 fully saturated rings. The van der Waals surface area contributed by atoms with Crippen LogP contribution in [0.5, 0.6) is 0 Å². The molecular formula is C8H12N2O4. The second-order valence-corrected chi connectivity index (χ2v) is 2.48. The van der Waals surface area contributed by atoms with Crippen molar-refractivity contribution < 1.29 is 18.8 Å².